The summed E-state index contributed by atoms with van der Waals surface area (Å²) in [5.74, 6) is -0.486. The average Bonchev–Trinajstić information content (AvgIpc) is 2.39. The van der Waals surface area contributed by atoms with Crippen LogP contribution in [0.25, 0.3) is 0 Å². The molecule has 0 aromatic carbocycles. The van der Waals surface area contributed by atoms with E-state index in [1.165, 1.54) is 12.5 Å². The van der Waals surface area contributed by atoms with E-state index >= 15 is 0 Å². The quantitative estimate of drug-likeness (QED) is 0.905. The maximum atomic E-state index is 11.1. The molecule has 1 fully saturated rings. The molecular formula is C14H20N2O3. The van der Waals surface area contributed by atoms with Crippen LogP contribution in [0.4, 0.5) is 0 Å². The normalized spacial score (nSPS) is 18.2. The Morgan fingerprint density at radius 1 is 1.37 bits per heavy atom. The van der Waals surface area contributed by atoms with Crippen molar-refractivity contribution in [1.82, 2.24) is 9.97 Å². The summed E-state index contributed by atoms with van der Waals surface area (Å²) in [5.41, 5.74) is 0.225. The van der Waals surface area contributed by atoms with Crippen molar-refractivity contribution >= 4 is 5.97 Å². The van der Waals surface area contributed by atoms with Gasteiger partial charge in [0.05, 0.1) is 0 Å². The molecule has 1 aliphatic rings. The van der Waals surface area contributed by atoms with Crippen LogP contribution in [0.3, 0.4) is 0 Å². The molecule has 104 valence electrons. The van der Waals surface area contributed by atoms with Crippen LogP contribution in [-0.2, 0) is 10.3 Å². The maximum Gasteiger partial charge on any atom is 0.354 e. The van der Waals surface area contributed by atoms with Gasteiger partial charge in [-0.1, -0.05) is 19.3 Å². The minimum absolute atomic E-state index is 0.0483. The average molecular weight is 264 g/mol. The molecule has 5 heteroatoms. The highest BCUT2D eigenvalue weighted by atomic mass is 16.5. The predicted octanol–water partition coefficient (Wildman–Crippen LogP) is 2.68. The van der Waals surface area contributed by atoms with Crippen LogP contribution in [0, 0.1) is 6.92 Å². The number of aromatic carboxylic acids is 1. The lowest BCUT2D eigenvalue weighted by Gasteiger charge is -2.35. The highest BCUT2D eigenvalue weighted by Crippen LogP contribution is 2.38. The van der Waals surface area contributed by atoms with Gasteiger partial charge in [0.2, 0.25) is 0 Å². The fourth-order valence-corrected chi connectivity index (χ4v) is 2.71. The molecule has 0 unspecified atom stereocenters. The van der Waals surface area contributed by atoms with Crippen molar-refractivity contribution in [2.45, 2.75) is 51.6 Å². The molecule has 0 amide bonds. The number of hydrogen-bond donors (Lipinski definition) is 1. The molecule has 2 rings (SSSR count). The molecule has 1 N–H and O–H groups in total. The predicted molar refractivity (Wildman–Crippen MR) is 70.1 cm³/mol. The van der Waals surface area contributed by atoms with E-state index in [2.05, 4.69) is 9.97 Å². The molecule has 5 nitrogen and oxygen atoms in total. The van der Waals surface area contributed by atoms with E-state index in [0.29, 0.717) is 18.1 Å². The van der Waals surface area contributed by atoms with Gasteiger partial charge in [0, 0.05) is 12.3 Å². The van der Waals surface area contributed by atoms with Crippen molar-refractivity contribution in [3.8, 4) is 0 Å². The largest absolute Gasteiger partial charge is 0.477 e. The summed E-state index contributed by atoms with van der Waals surface area (Å²) in [6.45, 7) is 4.32. The first kappa shape index (κ1) is 13.9. The minimum Gasteiger partial charge on any atom is -0.477 e. The lowest BCUT2D eigenvalue weighted by Crippen LogP contribution is -2.35. The summed E-state index contributed by atoms with van der Waals surface area (Å²) in [5, 5.41) is 9.11. The van der Waals surface area contributed by atoms with E-state index in [-0.39, 0.29) is 5.69 Å². The van der Waals surface area contributed by atoms with Crippen LogP contribution in [0.2, 0.25) is 0 Å². The SMILES string of the molecule is CCOC1(c2nc(C)cc(C(=O)O)n2)CCCCC1. The molecule has 19 heavy (non-hydrogen) atoms. The first-order valence-corrected chi connectivity index (χ1v) is 6.81. The molecule has 1 heterocycles. The van der Waals surface area contributed by atoms with Gasteiger partial charge in [-0.25, -0.2) is 14.8 Å². The van der Waals surface area contributed by atoms with E-state index in [1.54, 1.807) is 6.92 Å². The molecule has 1 aromatic heterocycles. The van der Waals surface area contributed by atoms with Gasteiger partial charge in [-0.2, -0.15) is 0 Å². The molecule has 0 saturated heterocycles. The number of hydrogen-bond acceptors (Lipinski definition) is 4. The minimum atomic E-state index is -1.02. The van der Waals surface area contributed by atoms with E-state index in [9.17, 15) is 4.79 Å². The molecule has 1 aromatic rings. The zero-order valence-corrected chi connectivity index (χ0v) is 11.5. The lowest BCUT2D eigenvalue weighted by molar-refractivity contribution is -0.0768. The van der Waals surface area contributed by atoms with Crippen molar-refractivity contribution in [3.63, 3.8) is 0 Å². The number of carbonyl (C=O) groups is 1. The monoisotopic (exact) mass is 264 g/mol. The molecular weight excluding hydrogens is 244 g/mol. The number of carboxylic acid groups (broad SMARTS) is 1. The lowest BCUT2D eigenvalue weighted by atomic mass is 9.83. The van der Waals surface area contributed by atoms with Crippen LogP contribution in [0.15, 0.2) is 6.07 Å². The summed E-state index contributed by atoms with van der Waals surface area (Å²) in [4.78, 5) is 19.8. The number of ether oxygens (including phenoxy) is 1. The molecule has 1 aliphatic carbocycles. The van der Waals surface area contributed by atoms with Gasteiger partial charge >= 0.3 is 5.97 Å². The summed E-state index contributed by atoms with van der Waals surface area (Å²) in [7, 11) is 0. The summed E-state index contributed by atoms with van der Waals surface area (Å²) < 4.78 is 5.93. The zero-order valence-electron chi connectivity index (χ0n) is 11.5. The van der Waals surface area contributed by atoms with Crippen LogP contribution in [0.5, 0.6) is 0 Å². The first-order valence-electron chi connectivity index (χ1n) is 6.81. The Kier molecular flexibility index (Phi) is 4.14. The smallest absolute Gasteiger partial charge is 0.354 e. The molecule has 0 atom stereocenters. The maximum absolute atomic E-state index is 11.1. The zero-order chi connectivity index (χ0) is 13.9. The summed E-state index contributed by atoms with van der Waals surface area (Å²) in [6, 6.07) is 1.49. The van der Waals surface area contributed by atoms with Gasteiger partial charge in [0.1, 0.15) is 5.60 Å². The molecule has 0 radical (unpaired) electrons. The molecule has 0 spiro atoms. The Morgan fingerprint density at radius 2 is 2.05 bits per heavy atom. The third-order valence-corrected chi connectivity index (χ3v) is 3.56. The molecule has 1 saturated carbocycles. The van der Waals surface area contributed by atoms with Gasteiger partial charge in [-0.15, -0.1) is 0 Å². The van der Waals surface area contributed by atoms with Gasteiger partial charge in [-0.3, -0.25) is 0 Å². The van der Waals surface area contributed by atoms with Crippen molar-refractivity contribution < 1.29 is 14.6 Å². The Labute approximate surface area is 113 Å². The van der Waals surface area contributed by atoms with Crippen LogP contribution < -0.4 is 0 Å². The number of aryl methyl sites for hydroxylation is 1. The van der Waals surface area contributed by atoms with Crippen LogP contribution in [0.1, 0.15) is 61.0 Å². The second-order valence-electron chi connectivity index (χ2n) is 5.01. The second kappa shape index (κ2) is 5.65. The first-order chi connectivity index (χ1) is 9.07. The van der Waals surface area contributed by atoms with E-state index in [0.717, 1.165) is 25.7 Å². The third-order valence-electron chi connectivity index (χ3n) is 3.56. The Balaban J connectivity index is 2.43. The van der Waals surface area contributed by atoms with Crippen LogP contribution >= 0.6 is 0 Å². The Bertz CT molecular complexity index is 462. The third kappa shape index (κ3) is 2.92. The van der Waals surface area contributed by atoms with Crippen molar-refractivity contribution in [2.75, 3.05) is 6.61 Å². The van der Waals surface area contributed by atoms with Gasteiger partial charge in [0.25, 0.3) is 0 Å². The molecule has 0 aliphatic heterocycles. The second-order valence-corrected chi connectivity index (χ2v) is 5.01. The number of carboxylic acids is 1. The number of nitrogens with zero attached hydrogens (tertiary/aromatic N) is 2. The number of rotatable bonds is 4. The van der Waals surface area contributed by atoms with E-state index in [4.69, 9.17) is 9.84 Å². The van der Waals surface area contributed by atoms with Crippen molar-refractivity contribution in [3.05, 3.63) is 23.3 Å². The van der Waals surface area contributed by atoms with E-state index in [1.807, 2.05) is 6.92 Å². The van der Waals surface area contributed by atoms with Crippen molar-refractivity contribution in [2.24, 2.45) is 0 Å². The van der Waals surface area contributed by atoms with E-state index < -0.39 is 11.6 Å². The van der Waals surface area contributed by atoms with Gasteiger partial charge in [0.15, 0.2) is 11.5 Å². The molecule has 0 bridgehead atoms. The summed E-state index contributed by atoms with van der Waals surface area (Å²) in [6.07, 6.45) is 5.05. The standard InChI is InChI=1S/C14H20N2O3/c1-3-19-14(7-5-4-6-8-14)13-15-10(2)9-11(16-13)12(17)18/h9H,3-8H2,1-2H3,(H,17,18). The fraction of sp³-hybridized carbons (Fsp3) is 0.643. The Morgan fingerprint density at radius 3 is 2.63 bits per heavy atom. The van der Waals surface area contributed by atoms with Gasteiger partial charge in [-0.05, 0) is 32.8 Å². The topological polar surface area (TPSA) is 72.3 Å². The highest BCUT2D eigenvalue weighted by molar-refractivity contribution is 5.85. The van der Waals surface area contributed by atoms with Crippen molar-refractivity contribution in [1.29, 1.82) is 0 Å². The highest BCUT2D eigenvalue weighted by Gasteiger charge is 2.38. The Hall–Kier alpha value is -1.49. The number of aromatic nitrogens is 2. The van der Waals surface area contributed by atoms with Gasteiger partial charge < -0.3 is 9.84 Å². The van der Waals surface area contributed by atoms with Crippen LogP contribution in [-0.4, -0.2) is 27.7 Å². The summed E-state index contributed by atoms with van der Waals surface area (Å²) >= 11 is 0. The fourth-order valence-electron chi connectivity index (χ4n) is 2.71.